The second-order valence-electron chi connectivity index (χ2n) is 6.66. The molecular formula is C19H24N4O2S. The fraction of sp³-hybridized carbons (Fsp3) is 0.421. The lowest BCUT2D eigenvalue weighted by Crippen LogP contribution is -2.51. The van der Waals surface area contributed by atoms with E-state index >= 15 is 0 Å². The topological polar surface area (TPSA) is 81.2 Å². The van der Waals surface area contributed by atoms with Crippen molar-refractivity contribution >= 4 is 23.6 Å². The van der Waals surface area contributed by atoms with Gasteiger partial charge in [-0.2, -0.15) is 0 Å². The molecule has 0 bridgehead atoms. The summed E-state index contributed by atoms with van der Waals surface area (Å²) in [6.45, 7) is 4.70. The molecule has 2 heterocycles. The number of nitrogens with zero attached hydrogens (tertiary/aromatic N) is 3. The summed E-state index contributed by atoms with van der Waals surface area (Å²) < 4.78 is 2.00. The van der Waals surface area contributed by atoms with Gasteiger partial charge < -0.3 is 10.6 Å². The molecule has 0 spiro atoms. The van der Waals surface area contributed by atoms with Gasteiger partial charge in [0.1, 0.15) is 6.04 Å². The molecule has 6 nitrogen and oxygen atoms in total. The Bertz CT molecular complexity index is 818. The van der Waals surface area contributed by atoms with E-state index in [-0.39, 0.29) is 11.7 Å². The zero-order valence-electron chi connectivity index (χ0n) is 15.1. The van der Waals surface area contributed by atoms with Crippen molar-refractivity contribution in [3.63, 3.8) is 0 Å². The van der Waals surface area contributed by atoms with Gasteiger partial charge in [0, 0.05) is 18.9 Å². The average molecular weight is 372 g/mol. The molecule has 0 saturated carbocycles. The zero-order valence-corrected chi connectivity index (χ0v) is 16.0. The summed E-state index contributed by atoms with van der Waals surface area (Å²) >= 11 is 1.39. The summed E-state index contributed by atoms with van der Waals surface area (Å²) in [5.41, 5.74) is 8.84. The molecule has 2 amide bonds. The van der Waals surface area contributed by atoms with Crippen molar-refractivity contribution < 1.29 is 9.59 Å². The summed E-state index contributed by atoms with van der Waals surface area (Å²) in [5.74, 6) is -0.236. The van der Waals surface area contributed by atoms with Crippen molar-refractivity contribution in [2.75, 3.05) is 12.3 Å². The molecule has 1 fully saturated rings. The van der Waals surface area contributed by atoms with Crippen LogP contribution >= 0.6 is 11.8 Å². The first-order valence-corrected chi connectivity index (χ1v) is 9.78. The Morgan fingerprint density at radius 2 is 2.12 bits per heavy atom. The van der Waals surface area contributed by atoms with Crippen LogP contribution in [0.25, 0.3) is 5.69 Å². The smallest absolute Gasteiger partial charge is 0.240 e. The fourth-order valence-electron chi connectivity index (χ4n) is 3.29. The van der Waals surface area contributed by atoms with E-state index in [0.29, 0.717) is 13.0 Å². The number of hydrogen-bond donors (Lipinski definition) is 1. The molecule has 1 unspecified atom stereocenters. The van der Waals surface area contributed by atoms with Crippen LogP contribution in [0.15, 0.2) is 35.7 Å². The minimum Gasteiger partial charge on any atom is -0.368 e. The van der Waals surface area contributed by atoms with Crippen LogP contribution in [0.1, 0.15) is 30.4 Å². The Balaban J connectivity index is 1.73. The highest BCUT2D eigenvalue weighted by atomic mass is 32.2. The maximum atomic E-state index is 12.6. The van der Waals surface area contributed by atoms with Crippen molar-refractivity contribution in [1.82, 2.24) is 14.5 Å². The third-order valence-corrected chi connectivity index (χ3v) is 5.66. The van der Waals surface area contributed by atoms with Gasteiger partial charge in [0.2, 0.25) is 11.8 Å². The monoisotopic (exact) mass is 372 g/mol. The number of benzene rings is 1. The summed E-state index contributed by atoms with van der Waals surface area (Å²) in [6.07, 6.45) is 6.14. The van der Waals surface area contributed by atoms with Gasteiger partial charge in [-0.25, -0.2) is 4.98 Å². The van der Waals surface area contributed by atoms with Gasteiger partial charge in [0.05, 0.1) is 11.4 Å². The van der Waals surface area contributed by atoms with E-state index in [2.05, 4.69) is 37.0 Å². The SMILES string of the molecule is Cc1ccc(C)c(-n2ccnc2SCC(=O)N2CCCCC2C(N)=O)c1. The number of aromatic nitrogens is 2. The lowest BCUT2D eigenvalue weighted by molar-refractivity contribution is -0.138. The van der Waals surface area contributed by atoms with E-state index in [9.17, 15) is 9.59 Å². The van der Waals surface area contributed by atoms with E-state index < -0.39 is 11.9 Å². The molecule has 0 radical (unpaired) electrons. The number of nitrogens with two attached hydrogens (primary N) is 1. The molecule has 1 aromatic carbocycles. The molecule has 138 valence electrons. The van der Waals surface area contributed by atoms with Crippen LogP contribution in [0.5, 0.6) is 0 Å². The Morgan fingerprint density at radius 1 is 1.31 bits per heavy atom. The van der Waals surface area contributed by atoms with Gasteiger partial charge in [-0.1, -0.05) is 23.9 Å². The number of primary amides is 1. The number of carbonyl (C=O) groups is 2. The molecule has 1 aromatic heterocycles. The summed E-state index contributed by atoms with van der Waals surface area (Å²) in [7, 11) is 0. The van der Waals surface area contributed by atoms with Crippen molar-refractivity contribution in [2.45, 2.75) is 44.3 Å². The maximum Gasteiger partial charge on any atom is 0.240 e. The van der Waals surface area contributed by atoms with Gasteiger partial charge in [0.25, 0.3) is 0 Å². The van der Waals surface area contributed by atoms with E-state index in [0.717, 1.165) is 29.2 Å². The average Bonchev–Trinajstić information content (AvgIpc) is 3.10. The van der Waals surface area contributed by atoms with Crippen LogP contribution in [0.2, 0.25) is 0 Å². The Hall–Kier alpha value is -2.28. The fourth-order valence-corrected chi connectivity index (χ4v) is 4.15. The molecule has 26 heavy (non-hydrogen) atoms. The Labute approximate surface area is 157 Å². The Kier molecular flexibility index (Phi) is 5.66. The first-order chi connectivity index (χ1) is 12.5. The quantitative estimate of drug-likeness (QED) is 0.818. The normalized spacial score (nSPS) is 17.3. The molecular weight excluding hydrogens is 348 g/mol. The van der Waals surface area contributed by atoms with Crippen LogP contribution in [0.4, 0.5) is 0 Å². The van der Waals surface area contributed by atoms with Gasteiger partial charge in [-0.15, -0.1) is 0 Å². The number of hydrogen-bond acceptors (Lipinski definition) is 4. The van der Waals surface area contributed by atoms with Gasteiger partial charge in [-0.3, -0.25) is 14.2 Å². The van der Waals surface area contributed by atoms with Crippen LogP contribution < -0.4 is 5.73 Å². The molecule has 1 saturated heterocycles. The lowest BCUT2D eigenvalue weighted by Gasteiger charge is -2.33. The van der Waals surface area contributed by atoms with E-state index in [4.69, 9.17) is 5.73 Å². The van der Waals surface area contributed by atoms with Crippen LogP contribution in [0.3, 0.4) is 0 Å². The van der Waals surface area contributed by atoms with E-state index in [1.807, 2.05) is 10.8 Å². The van der Waals surface area contributed by atoms with E-state index in [1.54, 1.807) is 11.1 Å². The maximum absolute atomic E-state index is 12.6. The summed E-state index contributed by atoms with van der Waals surface area (Å²) in [4.78, 5) is 30.3. The van der Waals surface area contributed by atoms with E-state index in [1.165, 1.54) is 17.3 Å². The zero-order chi connectivity index (χ0) is 18.7. The van der Waals surface area contributed by atoms with Crippen LogP contribution in [-0.2, 0) is 9.59 Å². The predicted molar refractivity (Wildman–Crippen MR) is 102 cm³/mol. The van der Waals surface area contributed by atoms with Crippen LogP contribution in [-0.4, -0.2) is 44.6 Å². The number of likely N-dealkylation sites (tertiary alicyclic amines) is 1. The molecule has 1 atom stereocenters. The number of amides is 2. The summed E-state index contributed by atoms with van der Waals surface area (Å²) in [6, 6.07) is 5.79. The third-order valence-electron chi connectivity index (χ3n) is 4.71. The highest BCUT2D eigenvalue weighted by Gasteiger charge is 2.30. The molecule has 1 aliphatic rings. The number of thioether (sulfide) groups is 1. The molecule has 0 aliphatic carbocycles. The summed E-state index contributed by atoms with van der Waals surface area (Å²) in [5, 5.41) is 0.764. The molecule has 1 aliphatic heterocycles. The van der Waals surface area contributed by atoms with Crippen molar-refractivity contribution in [2.24, 2.45) is 5.73 Å². The van der Waals surface area contributed by atoms with Gasteiger partial charge in [-0.05, 0) is 50.3 Å². The minimum atomic E-state index is -0.476. The van der Waals surface area contributed by atoms with Crippen molar-refractivity contribution in [1.29, 1.82) is 0 Å². The van der Waals surface area contributed by atoms with Crippen molar-refractivity contribution in [3.8, 4) is 5.69 Å². The highest BCUT2D eigenvalue weighted by molar-refractivity contribution is 7.99. The first kappa shape index (κ1) is 18.5. The number of aryl methyl sites for hydroxylation is 2. The van der Waals surface area contributed by atoms with Gasteiger partial charge in [0.15, 0.2) is 5.16 Å². The first-order valence-electron chi connectivity index (χ1n) is 8.80. The Morgan fingerprint density at radius 3 is 2.88 bits per heavy atom. The minimum absolute atomic E-state index is 0.0611. The number of rotatable bonds is 5. The molecule has 2 aromatic rings. The lowest BCUT2D eigenvalue weighted by atomic mass is 10.0. The molecule has 2 N–H and O–H groups in total. The second-order valence-corrected chi connectivity index (χ2v) is 7.60. The third kappa shape index (κ3) is 3.93. The standard InChI is InChI=1S/C19H24N4O2S/c1-13-6-7-14(2)16(11-13)23-10-8-21-19(23)26-12-17(24)22-9-4-3-5-15(22)18(20)25/h6-8,10-11,15H,3-5,9,12H2,1-2H3,(H2,20,25). The largest absolute Gasteiger partial charge is 0.368 e. The molecule has 7 heteroatoms. The number of piperidine rings is 1. The number of imidazole rings is 1. The predicted octanol–water partition coefficient (Wildman–Crippen LogP) is 2.45. The molecule has 3 rings (SSSR count). The number of carbonyl (C=O) groups excluding carboxylic acids is 2. The highest BCUT2D eigenvalue weighted by Crippen LogP contribution is 2.25. The second kappa shape index (κ2) is 7.95. The van der Waals surface area contributed by atoms with Crippen molar-refractivity contribution in [3.05, 3.63) is 41.7 Å². The van der Waals surface area contributed by atoms with Gasteiger partial charge >= 0.3 is 0 Å². The van der Waals surface area contributed by atoms with Crippen LogP contribution in [0, 0.1) is 13.8 Å².